The summed E-state index contributed by atoms with van der Waals surface area (Å²) in [7, 11) is 0. The minimum Gasteiger partial charge on any atom is -0.484 e. The predicted molar refractivity (Wildman–Crippen MR) is 90.4 cm³/mol. The van der Waals surface area contributed by atoms with Gasteiger partial charge in [-0.3, -0.25) is 9.59 Å². The van der Waals surface area contributed by atoms with Gasteiger partial charge in [-0.2, -0.15) is 5.10 Å². The Morgan fingerprint density at radius 3 is 2.30 bits per heavy atom. The lowest BCUT2D eigenvalue weighted by Gasteiger charge is -2.20. The molecular weight excluding hydrogens is 294 g/mol. The molecule has 23 heavy (non-hydrogen) atoms. The van der Waals surface area contributed by atoms with Crippen LogP contribution in [-0.4, -0.2) is 29.7 Å². The summed E-state index contributed by atoms with van der Waals surface area (Å²) in [6.45, 7) is 9.24. The molecule has 2 N–H and O–H groups in total. The van der Waals surface area contributed by atoms with Crippen molar-refractivity contribution in [1.29, 1.82) is 0 Å². The molecule has 1 rings (SSSR count). The van der Waals surface area contributed by atoms with Gasteiger partial charge in [-0.05, 0) is 46.8 Å². The van der Waals surface area contributed by atoms with Crippen LogP contribution in [0, 0.1) is 6.92 Å². The lowest BCUT2D eigenvalue weighted by molar-refractivity contribution is -0.123. The lowest BCUT2D eigenvalue weighted by atomic mass is 10.1. The van der Waals surface area contributed by atoms with Crippen molar-refractivity contribution in [2.75, 3.05) is 6.61 Å². The van der Waals surface area contributed by atoms with Gasteiger partial charge >= 0.3 is 0 Å². The second-order valence-electron chi connectivity index (χ2n) is 6.46. The highest BCUT2D eigenvalue weighted by Crippen LogP contribution is 2.10. The van der Waals surface area contributed by atoms with Crippen LogP contribution in [0.1, 0.15) is 39.7 Å². The largest absolute Gasteiger partial charge is 0.484 e. The van der Waals surface area contributed by atoms with Crippen LogP contribution < -0.4 is 15.5 Å². The summed E-state index contributed by atoms with van der Waals surface area (Å²) in [5, 5.41) is 6.73. The second-order valence-corrected chi connectivity index (χ2v) is 6.46. The summed E-state index contributed by atoms with van der Waals surface area (Å²) in [5.74, 6) is 0.112. The maximum absolute atomic E-state index is 11.7. The van der Waals surface area contributed by atoms with Gasteiger partial charge in [-0.25, -0.2) is 5.43 Å². The van der Waals surface area contributed by atoms with Gasteiger partial charge < -0.3 is 10.1 Å². The van der Waals surface area contributed by atoms with Crippen LogP contribution in [0.15, 0.2) is 29.4 Å². The highest BCUT2D eigenvalue weighted by Gasteiger charge is 2.14. The van der Waals surface area contributed by atoms with E-state index in [4.69, 9.17) is 4.74 Å². The van der Waals surface area contributed by atoms with Crippen molar-refractivity contribution in [3.8, 4) is 5.75 Å². The van der Waals surface area contributed by atoms with Gasteiger partial charge in [-0.1, -0.05) is 17.7 Å². The molecule has 2 amide bonds. The van der Waals surface area contributed by atoms with Gasteiger partial charge in [0.25, 0.3) is 5.91 Å². The molecule has 0 saturated heterocycles. The fourth-order valence-corrected chi connectivity index (χ4v) is 1.71. The molecule has 0 aliphatic heterocycles. The summed E-state index contributed by atoms with van der Waals surface area (Å²) in [5.41, 5.74) is 3.73. The highest BCUT2D eigenvalue weighted by molar-refractivity contribution is 6.00. The molecule has 0 saturated carbocycles. The minimum atomic E-state index is -0.374. The Balaban J connectivity index is 2.36. The van der Waals surface area contributed by atoms with Crippen LogP contribution in [0.3, 0.4) is 0 Å². The van der Waals surface area contributed by atoms with Gasteiger partial charge in [0, 0.05) is 11.3 Å². The third-order valence-electron chi connectivity index (χ3n) is 2.69. The predicted octanol–water partition coefficient (Wildman–Crippen LogP) is 2.17. The van der Waals surface area contributed by atoms with Crippen molar-refractivity contribution in [2.24, 2.45) is 5.10 Å². The number of ether oxygens (including phenoxy) is 1. The van der Waals surface area contributed by atoms with Gasteiger partial charge in [-0.15, -0.1) is 0 Å². The normalized spacial score (nSPS) is 11.8. The van der Waals surface area contributed by atoms with Crippen molar-refractivity contribution in [1.82, 2.24) is 10.7 Å². The van der Waals surface area contributed by atoms with Crippen molar-refractivity contribution >= 4 is 17.5 Å². The van der Waals surface area contributed by atoms with Crippen molar-refractivity contribution in [3.05, 3.63) is 29.8 Å². The van der Waals surface area contributed by atoms with Crippen molar-refractivity contribution in [3.63, 3.8) is 0 Å². The Morgan fingerprint density at radius 2 is 1.74 bits per heavy atom. The Kier molecular flexibility index (Phi) is 6.75. The zero-order valence-corrected chi connectivity index (χ0v) is 14.4. The second kappa shape index (κ2) is 8.31. The molecule has 0 aliphatic rings. The number of rotatable bonds is 6. The van der Waals surface area contributed by atoms with Crippen LogP contribution in [-0.2, 0) is 9.59 Å². The molecule has 1 aromatic carbocycles. The number of benzene rings is 1. The first-order valence-corrected chi connectivity index (χ1v) is 7.48. The van der Waals surface area contributed by atoms with E-state index in [1.165, 1.54) is 0 Å². The zero-order chi connectivity index (χ0) is 17.5. The standard InChI is InChI=1S/C17H25N3O3/c1-12-6-8-14(9-7-12)23-11-16(22)20-19-13(2)10-15(21)18-17(3,4)5/h6-9H,10-11H2,1-5H3,(H,18,21)(H,20,22)/b19-13+. The number of carbonyl (C=O) groups excluding carboxylic acids is 2. The van der Waals surface area contributed by atoms with E-state index in [0.717, 1.165) is 5.56 Å². The average Bonchev–Trinajstić information content (AvgIpc) is 2.42. The highest BCUT2D eigenvalue weighted by atomic mass is 16.5. The Hall–Kier alpha value is -2.37. The van der Waals surface area contributed by atoms with Crippen LogP contribution >= 0.6 is 0 Å². The topological polar surface area (TPSA) is 79.8 Å². The van der Waals surface area contributed by atoms with E-state index in [0.29, 0.717) is 11.5 Å². The SMILES string of the molecule is C/C(CC(=O)NC(C)(C)C)=N\NC(=O)COc1ccc(C)cc1. The van der Waals surface area contributed by atoms with Crippen LogP contribution in [0.5, 0.6) is 5.75 Å². The molecule has 1 aromatic rings. The first kappa shape index (κ1) is 18.7. The molecule has 0 atom stereocenters. The van der Waals surface area contributed by atoms with Crippen molar-refractivity contribution < 1.29 is 14.3 Å². The van der Waals surface area contributed by atoms with E-state index < -0.39 is 0 Å². The summed E-state index contributed by atoms with van der Waals surface area (Å²) in [6, 6.07) is 7.41. The summed E-state index contributed by atoms with van der Waals surface area (Å²) in [6.07, 6.45) is 0.135. The average molecular weight is 319 g/mol. The molecule has 0 heterocycles. The summed E-state index contributed by atoms with van der Waals surface area (Å²) in [4.78, 5) is 23.4. The zero-order valence-electron chi connectivity index (χ0n) is 14.4. The van der Waals surface area contributed by atoms with Crippen LogP contribution in [0.2, 0.25) is 0 Å². The molecule has 0 spiro atoms. The third-order valence-corrected chi connectivity index (χ3v) is 2.69. The van der Waals surface area contributed by atoms with Crippen LogP contribution in [0.25, 0.3) is 0 Å². The minimum absolute atomic E-state index is 0.131. The van der Waals surface area contributed by atoms with E-state index >= 15 is 0 Å². The number of carbonyl (C=O) groups is 2. The monoisotopic (exact) mass is 319 g/mol. The Morgan fingerprint density at radius 1 is 1.13 bits per heavy atom. The van der Waals surface area contributed by atoms with Crippen molar-refractivity contribution in [2.45, 2.75) is 46.6 Å². The molecule has 0 aromatic heterocycles. The number of hydrogen-bond acceptors (Lipinski definition) is 4. The van der Waals surface area contributed by atoms with Gasteiger partial charge in [0.1, 0.15) is 5.75 Å². The number of amides is 2. The number of nitrogens with zero attached hydrogens (tertiary/aromatic N) is 1. The first-order valence-electron chi connectivity index (χ1n) is 7.48. The summed E-state index contributed by atoms with van der Waals surface area (Å²) < 4.78 is 5.34. The lowest BCUT2D eigenvalue weighted by Crippen LogP contribution is -2.41. The van der Waals surface area contributed by atoms with E-state index in [1.54, 1.807) is 19.1 Å². The van der Waals surface area contributed by atoms with E-state index in [1.807, 2.05) is 39.8 Å². The van der Waals surface area contributed by atoms with Gasteiger partial charge in [0.2, 0.25) is 5.91 Å². The fourth-order valence-electron chi connectivity index (χ4n) is 1.71. The fraction of sp³-hybridized carbons (Fsp3) is 0.471. The molecule has 0 unspecified atom stereocenters. The van der Waals surface area contributed by atoms with Crippen LogP contribution in [0.4, 0.5) is 0 Å². The number of aryl methyl sites for hydroxylation is 1. The molecule has 0 radical (unpaired) electrons. The molecule has 6 heteroatoms. The van der Waals surface area contributed by atoms with E-state index in [9.17, 15) is 9.59 Å². The molecule has 0 fully saturated rings. The molecule has 126 valence electrons. The Labute approximate surface area is 137 Å². The van der Waals surface area contributed by atoms with Gasteiger partial charge in [0.05, 0.1) is 6.42 Å². The van der Waals surface area contributed by atoms with Gasteiger partial charge in [0.15, 0.2) is 6.61 Å². The summed E-state index contributed by atoms with van der Waals surface area (Å²) >= 11 is 0. The van der Waals surface area contributed by atoms with E-state index in [2.05, 4.69) is 15.8 Å². The molecule has 0 aliphatic carbocycles. The number of hydrogen-bond donors (Lipinski definition) is 2. The third kappa shape index (κ3) is 8.60. The maximum Gasteiger partial charge on any atom is 0.277 e. The first-order chi connectivity index (χ1) is 10.7. The molecular formula is C17H25N3O3. The quantitative estimate of drug-likeness (QED) is 0.623. The van der Waals surface area contributed by atoms with E-state index in [-0.39, 0.29) is 30.4 Å². The maximum atomic E-state index is 11.7. The number of hydrazone groups is 1. The smallest absolute Gasteiger partial charge is 0.277 e. The number of nitrogens with one attached hydrogen (secondary N) is 2. The molecule has 6 nitrogen and oxygen atoms in total. The molecule has 0 bridgehead atoms. The Bertz CT molecular complexity index is 572.